The van der Waals surface area contributed by atoms with E-state index in [4.69, 9.17) is 4.74 Å². The molecule has 20 heavy (non-hydrogen) atoms. The van der Waals surface area contributed by atoms with Gasteiger partial charge in [0, 0.05) is 25.5 Å². The molecule has 2 rings (SSSR count). The molecule has 0 fully saturated rings. The summed E-state index contributed by atoms with van der Waals surface area (Å²) in [5, 5.41) is 0. The van der Waals surface area contributed by atoms with Crippen molar-refractivity contribution in [3.05, 3.63) is 48.3 Å². The van der Waals surface area contributed by atoms with Gasteiger partial charge in [0.2, 0.25) is 0 Å². The highest BCUT2D eigenvalue weighted by Crippen LogP contribution is 2.14. The van der Waals surface area contributed by atoms with Gasteiger partial charge in [-0.25, -0.2) is 9.37 Å². The highest BCUT2D eigenvalue weighted by molar-refractivity contribution is 5.80. The number of nitrogens with zero attached hydrogens (tertiary/aromatic N) is 2. The van der Waals surface area contributed by atoms with Crippen molar-refractivity contribution in [2.45, 2.75) is 19.6 Å². The first kappa shape index (κ1) is 14.0. The number of imidazole rings is 1. The number of amides is 1. The second-order valence-corrected chi connectivity index (χ2v) is 4.45. The van der Waals surface area contributed by atoms with Gasteiger partial charge in [0.05, 0.1) is 6.54 Å². The fourth-order valence-corrected chi connectivity index (χ4v) is 1.79. The Hall–Kier alpha value is -2.37. The number of halogens is 1. The SMILES string of the molecule is CC(Oc1cccc(F)c1)C(=O)N(C)Cc1ncc[nH]1. The monoisotopic (exact) mass is 277 g/mol. The average Bonchev–Trinajstić information content (AvgIpc) is 2.90. The Morgan fingerprint density at radius 3 is 3.00 bits per heavy atom. The summed E-state index contributed by atoms with van der Waals surface area (Å²) in [4.78, 5) is 20.6. The third kappa shape index (κ3) is 3.57. The molecule has 0 aliphatic rings. The summed E-state index contributed by atoms with van der Waals surface area (Å²) < 4.78 is 18.5. The Kier molecular flexibility index (Phi) is 4.34. The van der Waals surface area contributed by atoms with Crippen molar-refractivity contribution >= 4 is 5.91 Å². The number of rotatable bonds is 5. The third-order valence-electron chi connectivity index (χ3n) is 2.77. The molecular formula is C14H16FN3O2. The molecule has 0 spiro atoms. The zero-order chi connectivity index (χ0) is 14.5. The largest absolute Gasteiger partial charge is 0.481 e. The molecule has 0 aliphatic carbocycles. The van der Waals surface area contributed by atoms with E-state index in [9.17, 15) is 9.18 Å². The first-order valence-corrected chi connectivity index (χ1v) is 6.21. The molecule has 0 aliphatic heterocycles. The van der Waals surface area contributed by atoms with E-state index >= 15 is 0 Å². The molecule has 5 nitrogen and oxygen atoms in total. The molecule has 0 bridgehead atoms. The summed E-state index contributed by atoms with van der Waals surface area (Å²) in [6.45, 7) is 1.99. The number of carbonyl (C=O) groups is 1. The van der Waals surface area contributed by atoms with Crippen molar-refractivity contribution in [1.82, 2.24) is 14.9 Å². The van der Waals surface area contributed by atoms with Crippen LogP contribution in [0.4, 0.5) is 4.39 Å². The topological polar surface area (TPSA) is 58.2 Å². The molecule has 1 aromatic heterocycles. The Balaban J connectivity index is 1.94. The summed E-state index contributed by atoms with van der Waals surface area (Å²) in [5.74, 6) is 0.424. The van der Waals surface area contributed by atoms with Crippen LogP contribution in [0.2, 0.25) is 0 Å². The van der Waals surface area contributed by atoms with E-state index in [0.717, 1.165) is 0 Å². The number of hydrogen-bond acceptors (Lipinski definition) is 3. The molecule has 1 heterocycles. The molecule has 0 saturated heterocycles. The van der Waals surface area contributed by atoms with Gasteiger partial charge in [0.1, 0.15) is 17.4 Å². The highest BCUT2D eigenvalue weighted by atomic mass is 19.1. The van der Waals surface area contributed by atoms with Gasteiger partial charge in [0.25, 0.3) is 5.91 Å². The summed E-state index contributed by atoms with van der Waals surface area (Å²) in [6.07, 6.45) is 2.62. The van der Waals surface area contributed by atoms with Crippen LogP contribution < -0.4 is 4.74 Å². The molecule has 2 aromatic rings. The van der Waals surface area contributed by atoms with Gasteiger partial charge >= 0.3 is 0 Å². The minimum absolute atomic E-state index is 0.203. The van der Waals surface area contributed by atoms with Crippen molar-refractivity contribution in [3.8, 4) is 5.75 Å². The van der Waals surface area contributed by atoms with E-state index in [-0.39, 0.29) is 5.91 Å². The maximum absolute atomic E-state index is 13.0. The lowest BCUT2D eigenvalue weighted by Crippen LogP contribution is -2.37. The predicted octanol–water partition coefficient (Wildman–Crippen LogP) is 1.97. The summed E-state index contributed by atoms with van der Waals surface area (Å²) in [6, 6.07) is 5.71. The summed E-state index contributed by atoms with van der Waals surface area (Å²) >= 11 is 0. The van der Waals surface area contributed by atoms with Crippen molar-refractivity contribution in [2.75, 3.05) is 7.05 Å². The number of nitrogens with one attached hydrogen (secondary N) is 1. The van der Waals surface area contributed by atoms with Gasteiger partial charge < -0.3 is 14.6 Å². The molecule has 6 heteroatoms. The number of carbonyl (C=O) groups excluding carboxylic acids is 1. The number of likely N-dealkylation sites (N-methyl/N-ethyl adjacent to an activating group) is 1. The normalized spacial score (nSPS) is 11.9. The number of benzene rings is 1. The van der Waals surface area contributed by atoms with Gasteiger partial charge in [0.15, 0.2) is 6.10 Å². The van der Waals surface area contributed by atoms with E-state index in [0.29, 0.717) is 18.1 Å². The number of H-pyrrole nitrogens is 1. The van der Waals surface area contributed by atoms with Crippen LogP contribution in [-0.2, 0) is 11.3 Å². The molecule has 106 valence electrons. The van der Waals surface area contributed by atoms with Crippen LogP contribution in [-0.4, -0.2) is 33.9 Å². The third-order valence-corrected chi connectivity index (χ3v) is 2.77. The van der Waals surface area contributed by atoms with Gasteiger partial charge in [-0.05, 0) is 19.1 Å². The second kappa shape index (κ2) is 6.18. The second-order valence-electron chi connectivity index (χ2n) is 4.45. The molecular weight excluding hydrogens is 261 g/mol. The molecule has 0 saturated carbocycles. The molecule has 1 N–H and O–H groups in total. The van der Waals surface area contributed by atoms with Crippen LogP contribution >= 0.6 is 0 Å². The van der Waals surface area contributed by atoms with Crippen LogP contribution in [0.3, 0.4) is 0 Å². The fraction of sp³-hybridized carbons (Fsp3) is 0.286. The van der Waals surface area contributed by atoms with Crippen LogP contribution in [0.25, 0.3) is 0 Å². The van der Waals surface area contributed by atoms with E-state index in [1.165, 1.54) is 23.1 Å². The Morgan fingerprint density at radius 2 is 2.35 bits per heavy atom. The Morgan fingerprint density at radius 1 is 1.55 bits per heavy atom. The van der Waals surface area contributed by atoms with Crippen LogP contribution in [0.15, 0.2) is 36.7 Å². The number of aromatic nitrogens is 2. The molecule has 1 aromatic carbocycles. The van der Waals surface area contributed by atoms with Gasteiger partial charge in [-0.15, -0.1) is 0 Å². The predicted molar refractivity (Wildman–Crippen MR) is 71.6 cm³/mol. The number of ether oxygens (including phenoxy) is 1. The van der Waals surface area contributed by atoms with Crippen LogP contribution in [0.5, 0.6) is 5.75 Å². The van der Waals surface area contributed by atoms with E-state index in [1.807, 2.05) is 0 Å². The highest BCUT2D eigenvalue weighted by Gasteiger charge is 2.20. The first-order chi connectivity index (χ1) is 9.56. The number of hydrogen-bond donors (Lipinski definition) is 1. The summed E-state index contributed by atoms with van der Waals surface area (Å²) in [5.41, 5.74) is 0. The average molecular weight is 277 g/mol. The van der Waals surface area contributed by atoms with Crippen molar-refractivity contribution in [1.29, 1.82) is 0 Å². The lowest BCUT2D eigenvalue weighted by atomic mass is 10.3. The quantitative estimate of drug-likeness (QED) is 0.909. The van der Waals surface area contributed by atoms with Crippen molar-refractivity contribution < 1.29 is 13.9 Å². The zero-order valence-electron chi connectivity index (χ0n) is 11.3. The van der Waals surface area contributed by atoms with Gasteiger partial charge in [-0.2, -0.15) is 0 Å². The minimum Gasteiger partial charge on any atom is -0.481 e. The van der Waals surface area contributed by atoms with Gasteiger partial charge in [-0.1, -0.05) is 6.07 Å². The van der Waals surface area contributed by atoms with Crippen LogP contribution in [0, 0.1) is 5.82 Å². The van der Waals surface area contributed by atoms with Crippen LogP contribution in [0.1, 0.15) is 12.7 Å². The van der Waals surface area contributed by atoms with Crippen molar-refractivity contribution in [2.24, 2.45) is 0 Å². The molecule has 1 atom stereocenters. The molecule has 0 radical (unpaired) electrons. The first-order valence-electron chi connectivity index (χ1n) is 6.21. The van der Waals surface area contributed by atoms with Crippen molar-refractivity contribution in [3.63, 3.8) is 0 Å². The molecule has 1 amide bonds. The van der Waals surface area contributed by atoms with Gasteiger partial charge in [-0.3, -0.25) is 4.79 Å². The standard InChI is InChI=1S/C14H16FN3O2/c1-10(20-12-5-3-4-11(15)8-12)14(19)18(2)9-13-16-6-7-17-13/h3-8,10H,9H2,1-2H3,(H,16,17). The molecule has 1 unspecified atom stereocenters. The minimum atomic E-state index is -0.697. The Bertz CT molecular complexity index is 572. The van der Waals surface area contributed by atoms with E-state index in [1.54, 1.807) is 32.4 Å². The summed E-state index contributed by atoms with van der Waals surface area (Å²) in [7, 11) is 1.66. The maximum atomic E-state index is 13.0. The van der Waals surface area contributed by atoms with E-state index < -0.39 is 11.9 Å². The zero-order valence-corrected chi connectivity index (χ0v) is 11.3. The number of aromatic amines is 1. The smallest absolute Gasteiger partial charge is 0.263 e. The lowest BCUT2D eigenvalue weighted by Gasteiger charge is -2.21. The lowest BCUT2D eigenvalue weighted by molar-refractivity contribution is -0.137. The Labute approximate surface area is 116 Å². The maximum Gasteiger partial charge on any atom is 0.263 e. The fourth-order valence-electron chi connectivity index (χ4n) is 1.79. The van der Waals surface area contributed by atoms with E-state index in [2.05, 4.69) is 9.97 Å².